The van der Waals surface area contributed by atoms with Gasteiger partial charge in [0.05, 0.1) is 12.7 Å². The summed E-state index contributed by atoms with van der Waals surface area (Å²) in [4.78, 5) is 2.20. The summed E-state index contributed by atoms with van der Waals surface area (Å²) < 4.78 is 32.3. The summed E-state index contributed by atoms with van der Waals surface area (Å²) in [6.07, 6.45) is 0.0952. The molecule has 1 aromatic rings. The molecule has 1 aliphatic rings. The number of halogens is 2. The van der Waals surface area contributed by atoms with Gasteiger partial charge in [0.25, 0.3) is 0 Å². The van der Waals surface area contributed by atoms with Crippen molar-refractivity contribution in [2.24, 2.45) is 0 Å². The lowest BCUT2D eigenvalue weighted by Gasteiger charge is -2.31. The predicted molar refractivity (Wildman–Crippen MR) is 70.0 cm³/mol. The smallest absolute Gasteiger partial charge is 0.128 e. The van der Waals surface area contributed by atoms with Crippen molar-refractivity contribution in [3.05, 3.63) is 35.4 Å². The molecule has 106 valence electrons. The number of hydrogen-bond acceptors (Lipinski definition) is 3. The fraction of sp³-hybridized carbons (Fsp3) is 0.571. The Balaban J connectivity index is 1.90. The Bertz CT molecular complexity index is 428. The normalized spacial score (nSPS) is 22.4. The number of likely N-dealkylation sites (N-methyl/N-ethyl adjacent to an activating group) is 1. The molecule has 1 saturated heterocycles. The van der Waals surface area contributed by atoms with Crippen LogP contribution in [0.3, 0.4) is 0 Å². The molecule has 0 radical (unpaired) electrons. The van der Waals surface area contributed by atoms with Gasteiger partial charge in [-0.3, -0.25) is 0 Å². The molecule has 0 aromatic heterocycles. The molecular weight excluding hydrogens is 250 g/mol. The number of morpholine rings is 1. The van der Waals surface area contributed by atoms with E-state index in [0.717, 1.165) is 25.2 Å². The highest BCUT2D eigenvalue weighted by Crippen LogP contribution is 2.18. The lowest BCUT2D eigenvalue weighted by atomic mass is 10.1. The molecule has 5 heteroatoms. The van der Waals surface area contributed by atoms with Crippen LogP contribution in [0.15, 0.2) is 18.2 Å². The van der Waals surface area contributed by atoms with Gasteiger partial charge in [0.1, 0.15) is 11.6 Å². The average molecular weight is 270 g/mol. The molecule has 3 nitrogen and oxygen atoms in total. The zero-order chi connectivity index (χ0) is 13.8. The third kappa shape index (κ3) is 3.96. The van der Waals surface area contributed by atoms with E-state index in [1.54, 1.807) is 0 Å². The lowest BCUT2D eigenvalue weighted by molar-refractivity contribution is -0.0191. The van der Waals surface area contributed by atoms with Crippen molar-refractivity contribution in [1.82, 2.24) is 10.2 Å². The largest absolute Gasteiger partial charge is 0.374 e. The van der Waals surface area contributed by atoms with E-state index in [0.29, 0.717) is 18.7 Å². The van der Waals surface area contributed by atoms with Gasteiger partial charge in [-0.25, -0.2) is 8.78 Å². The fourth-order valence-corrected chi connectivity index (χ4v) is 2.25. The minimum atomic E-state index is -0.418. The second-order valence-corrected chi connectivity index (χ2v) is 5.05. The zero-order valence-corrected chi connectivity index (χ0v) is 11.3. The number of nitrogens with zero attached hydrogens (tertiary/aromatic N) is 1. The van der Waals surface area contributed by atoms with E-state index in [1.165, 1.54) is 6.07 Å². The van der Waals surface area contributed by atoms with Crippen molar-refractivity contribution in [3.63, 3.8) is 0 Å². The Morgan fingerprint density at radius 2 is 2.26 bits per heavy atom. The molecule has 0 spiro atoms. The summed E-state index contributed by atoms with van der Waals surface area (Å²) in [6.45, 7) is 4.95. The quantitative estimate of drug-likeness (QED) is 0.905. The van der Waals surface area contributed by atoms with Crippen LogP contribution in [0.25, 0.3) is 0 Å². The van der Waals surface area contributed by atoms with Crippen LogP contribution in [0, 0.1) is 11.6 Å². The Kier molecular flexibility index (Phi) is 4.85. The molecule has 1 heterocycles. The van der Waals surface area contributed by atoms with Gasteiger partial charge >= 0.3 is 0 Å². The summed E-state index contributed by atoms with van der Waals surface area (Å²) >= 11 is 0. The number of nitrogens with one attached hydrogen (secondary N) is 1. The van der Waals surface area contributed by atoms with Gasteiger partial charge in [-0.2, -0.15) is 0 Å². The highest BCUT2D eigenvalue weighted by molar-refractivity contribution is 5.21. The minimum absolute atomic E-state index is 0.0952. The van der Waals surface area contributed by atoms with Gasteiger partial charge in [0.15, 0.2) is 0 Å². The fourth-order valence-electron chi connectivity index (χ4n) is 2.25. The van der Waals surface area contributed by atoms with E-state index in [-0.39, 0.29) is 18.0 Å². The molecule has 19 heavy (non-hydrogen) atoms. The van der Waals surface area contributed by atoms with Crippen LogP contribution in [0.1, 0.15) is 18.5 Å². The van der Waals surface area contributed by atoms with Crippen LogP contribution >= 0.6 is 0 Å². The van der Waals surface area contributed by atoms with E-state index in [1.807, 2.05) is 14.0 Å². The summed E-state index contributed by atoms with van der Waals surface area (Å²) in [5, 5.41) is 3.20. The van der Waals surface area contributed by atoms with Gasteiger partial charge < -0.3 is 15.0 Å². The van der Waals surface area contributed by atoms with Crippen LogP contribution < -0.4 is 5.32 Å². The molecule has 0 bridgehead atoms. The van der Waals surface area contributed by atoms with Gasteiger partial charge in [-0.15, -0.1) is 0 Å². The summed E-state index contributed by atoms with van der Waals surface area (Å²) in [5.74, 6) is -0.804. The maximum atomic E-state index is 13.6. The van der Waals surface area contributed by atoms with Crippen molar-refractivity contribution >= 4 is 0 Å². The maximum Gasteiger partial charge on any atom is 0.128 e. The first-order chi connectivity index (χ1) is 9.06. The first-order valence-corrected chi connectivity index (χ1v) is 6.54. The molecule has 0 saturated carbocycles. The monoisotopic (exact) mass is 270 g/mol. The van der Waals surface area contributed by atoms with Crippen molar-refractivity contribution in [2.45, 2.75) is 19.1 Å². The Morgan fingerprint density at radius 3 is 3.00 bits per heavy atom. The van der Waals surface area contributed by atoms with Gasteiger partial charge in [-0.1, -0.05) is 0 Å². The predicted octanol–water partition coefficient (Wildman–Crippen LogP) is 1.95. The second-order valence-electron chi connectivity index (χ2n) is 5.05. The highest BCUT2D eigenvalue weighted by Gasteiger charge is 2.19. The number of ether oxygens (including phenoxy) is 1. The highest BCUT2D eigenvalue weighted by atomic mass is 19.1. The van der Waals surface area contributed by atoms with Crippen LogP contribution in [-0.4, -0.2) is 44.3 Å². The Morgan fingerprint density at radius 1 is 1.47 bits per heavy atom. The first kappa shape index (κ1) is 14.4. The molecule has 1 fully saturated rings. The number of benzene rings is 1. The van der Waals surface area contributed by atoms with Crippen molar-refractivity contribution in [1.29, 1.82) is 0 Å². The molecular formula is C14H20F2N2O. The average Bonchev–Trinajstić information content (AvgIpc) is 2.39. The molecule has 1 aliphatic heterocycles. The SMILES string of the molecule is CC(NCC1CN(C)CCO1)c1cc(F)ccc1F. The van der Waals surface area contributed by atoms with Crippen LogP contribution in [-0.2, 0) is 4.74 Å². The molecule has 1 aromatic carbocycles. The Labute approximate surface area is 112 Å². The van der Waals surface area contributed by atoms with E-state index >= 15 is 0 Å². The van der Waals surface area contributed by atoms with Crippen LogP contribution in [0.4, 0.5) is 8.78 Å². The maximum absolute atomic E-state index is 13.6. The lowest BCUT2D eigenvalue weighted by Crippen LogP contribution is -2.45. The second kappa shape index (κ2) is 6.41. The van der Waals surface area contributed by atoms with E-state index in [2.05, 4.69) is 10.2 Å². The van der Waals surface area contributed by atoms with Gasteiger partial charge in [-0.05, 0) is 32.2 Å². The van der Waals surface area contributed by atoms with Gasteiger partial charge in [0.2, 0.25) is 0 Å². The molecule has 2 rings (SSSR count). The third-order valence-corrected chi connectivity index (χ3v) is 3.42. The molecule has 2 atom stereocenters. The molecule has 1 N–H and O–H groups in total. The standard InChI is InChI=1S/C14H20F2N2O/c1-10(13-7-11(15)3-4-14(13)16)17-8-12-9-18(2)5-6-19-12/h3-4,7,10,12,17H,5-6,8-9H2,1-2H3. The van der Waals surface area contributed by atoms with E-state index in [9.17, 15) is 8.78 Å². The minimum Gasteiger partial charge on any atom is -0.374 e. The van der Waals surface area contributed by atoms with E-state index < -0.39 is 5.82 Å². The first-order valence-electron chi connectivity index (χ1n) is 6.54. The molecule has 0 aliphatic carbocycles. The van der Waals surface area contributed by atoms with Crippen LogP contribution in [0.5, 0.6) is 0 Å². The van der Waals surface area contributed by atoms with Gasteiger partial charge in [0, 0.05) is 31.2 Å². The summed E-state index contributed by atoms with van der Waals surface area (Å²) in [6, 6.07) is 3.28. The molecule has 2 unspecified atom stereocenters. The van der Waals surface area contributed by atoms with Crippen molar-refractivity contribution in [2.75, 3.05) is 33.3 Å². The zero-order valence-electron chi connectivity index (χ0n) is 11.3. The van der Waals surface area contributed by atoms with Crippen molar-refractivity contribution in [3.8, 4) is 0 Å². The summed E-state index contributed by atoms with van der Waals surface area (Å²) in [7, 11) is 2.05. The molecule has 0 amide bonds. The number of rotatable bonds is 4. The van der Waals surface area contributed by atoms with E-state index in [4.69, 9.17) is 4.74 Å². The Hall–Kier alpha value is -1.04. The third-order valence-electron chi connectivity index (χ3n) is 3.42. The summed E-state index contributed by atoms with van der Waals surface area (Å²) in [5.41, 5.74) is 0.351. The van der Waals surface area contributed by atoms with Crippen LogP contribution in [0.2, 0.25) is 0 Å². The number of hydrogen-bond donors (Lipinski definition) is 1. The van der Waals surface area contributed by atoms with Crippen molar-refractivity contribution < 1.29 is 13.5 Å². The topological polar surface area (TPSA) is 24.5 Å².